The smallest absolute Gasteiger partial charge is 0.264 e. The number of hydrogen-bond donors (Lipinski definition) is 2. The molecule has 0 amide bonds. The van der Waals surface area contributed by atoms with E-state index in [9.17, 15) is 26.0 Å². The van der Waals surface area contributed by atoms with Gasteiger partial charge in [0.25, 0.3) is 10.0 Å². The van der Waals surface area contributed by atoms with E-state index < -0.39 is 39.0 Å². The summed E-state index contributed by atoms with van der Waals surface area (Å²) in [6.07, 6.45) is 1.09. The number of anilines is 1. The van der Waals surface area contributed by atoms with Crippen LogP contribution in [0.1, 0.15) is 0 Å². The highest BCUT2D eigenvalue weighted by atomic mass is 32.2. The molecule has 0 atom stereocenters. The molecule has 3 aromatic rings. The first-order valence-corrected chi connectivity index (χ1v) is 7.70. The SMILES string of the molecule is O=S(=O)(Nc1cc(F)c(F)cc1F)c1c[nH]c2cc(F)ccc12. The first kappa shape index (κ1) is 15.3. The van der Waals surface area contributed by atoms with Crippen molar-refractivity contribution in [3.8, 4) is 0 Å². The Morgan fingerprint density at radius 1 is 0.913 bits per heavy atom. The highest BCUT2D eigenvalue weighted by Gasteiger charge is 2.22. The van der Waals surface area contributed by atoms with Crippen molar-refractivity contribution in [1.82, 2.24) is 4.98 Å². The van der Waals surface area contributed by atoms with Gasteiger partial charge in [0, 0.05) is 29.2 Å². The maximum Gasteiger partial charge on any atom is 0.264 e. The number of nitrogens with one attached hydrogen (secondary N) is 2. The number of fused-ring (bicyclic) bond motifs is 1. The van der Waals surface area contributed by atoms with E-state index in [0.717, 1.165) is 18.3 Å². The number of halogens is 4. The number of rotatable bonds is 3. The van der Waals surface area contributed by atoms with Gasteiger partial charge in [0.05, 0.1) is 5.69 Å². The monoisotopic (exact) mass is 344 g/mol. The van der Waals surface area contributed by atoms with Crippen LogP contribution in [0.2, 0.25) is 0 Å². The van der Waals surface area contributed by atoms with Gasteiger partial charge < -0.3 is 4.98 Å². The first-order valence-electron chi connectivity index (χ1n) is 6.22. The van der Waals surface area contributed by atoms with Crippen LogP contribution in [-0.4, -0.2) is 13.4 Å². The van der Waals surface area contributed by atoms with Gasteiger partial charge in [-0.15, -0.1) is 0 Å². The van der Waals surface area contributed by atoms with Crippen LogP contribution < -0.4 is 4.72 Å². The van der Waals surface area contributed by atoms with Crippen LogP contribution >= 0.6 is 0 Å². The van der Waals surface area contributed by atoms with Crippen molar-refractivity contribution in [3.63, 3.8) is 0 Å². The molecule has 0 aliphatic rings. The van der Waals surface area contributed by atoms with Gasteiger partial charge in [-0.2, -0.15) is 0 Å². The number of benzene rings is 2. The Hall–Kier alpha value is -2.55. The Kier molecular flexibility index (Phi) is 3.52. The maximum atomic E-state index is 13.6. The first-order chi connectivity index (χ1) is 10.8. The average Bonchev–Trinajstić information content (AvgIpc) is 2.88. The molecule has 0 radical (unpaired) electrons. The molecule has 0 saturated heterocycles. The minimum Gasteiger partial charge on any atom is -0.360 e. The highest BCUT2D eigenvalue weighted by molar-refractivity contribution is 7.93. The number of aromatic nitrogens is 1. The molecular formula is C14H8F4N2O2S. The molecule has 2 aromatic carbocycles. The molecule has 0 spiro atoms. The molecule has 2 N–H and O–H groups in total. The summed E-state index contributed by atoms with van der Waals surface area (Å²) in [6, 6.07) is 4.02. The minimum atomic E-state index is -4.29. The van der Waals surface area contributed by atoms with Gasteiger partial charge in [0.2, 0.25) is 0 Å². The minimum absolute atomic E-state index is 0.168. The third kappa shape index (κ3) is 2.74. The summed E-state index contributed by atoms with van der Waals surface area (Å²) in [5.74, 6) is -4.67. The molecule has 9 heteroatoms. The topological polar surface area (TPSA) is 62.0 Å². The molecule has 0 bridgehead atoms. The van der Waals surface area contributed by atoms with E-state index in [2.05, 4.69) is 4.98 Å². The quantitative estimate of drug-likeness (QED) is 0.564. The Balaban J connectivity index is 2.06. The Morgan fingerprint density at radius 3 is 2.35 bits per heavy atom. The van der Waals surface area contributed by atoms with Gasteiger partial charge in [-0.25, -0.2) is 26.0 Å². The lowest BCUT2D eigenvalue weighted by atomic mass is 10.2. The van der Waals surface area contributed by atoms with E-state index in [-0.39, 0.29) is 21.9 Å². The fourth-order valence-electron chi connectivity index (χ4n) is 2.09. The zero-order valence-corrected chi connectivity index (χ0v) is 12.0. The molecule has 0 aliphatic heterocycles. The fraction of sp³-hybridized carbons (Fsp3) is 0. The van der Waals surface area contributed by atoms with Crippen LogP contribution in [0.15, 0.2) is 41.4 Å². The average molecular weight is 344 g/mol. The molecule has 4 nitrogen and oxygen atoms in total. The van der Waals surface area contributed by atoms with E-state index >= 15 is 0 Å². The summed E-state index contributed by atoms with van der Waals surface area (Å²) >= 11 is 0. The molecule has 0 fully saturated rings. The van der Waals surface area contributed by atoms with Crippen LogP contribution in [0.4, 0.5) is 23.2 Å². The summed E-state index contributed by atoms with van der Waals surface area (Å²) in [5, 5.41) is 0.168. The van der Waals surface area contributed by atoms with Crippen LogP contribution in [0, 0.1) is 23.3 Å². The second-order valence-electron chi connectivity index (χ2n) is 4.69. The van der Waals surface area contributed by atoms with Gasteiger partial charge in [0.1, 0.15) is 16.5 Å². The highest BCUT2D eigenvalue weighted by Crippen LogP contribution is 2.27. The van der Waals surface area contributed by atoms with Crippen molar-refractivity contribution in [2.75, 3.05) is 4.72 Å². The lowest BCUT2D eigenvalue weighted by Gasteiger charge is -2.08. The third-order valence-electron chi connectivity index (χ3n) is 3.15. The van der Waals surface area contributed by atoms with Gasteiger partial charge in [-0.05, 0) is 18.2 Å². The van der Waals surface area contributed by atoms with Gasteiger partial charge in [-0.1, -0.05) is 0 Å². The van der Waals surface area contributed by atoms with Crippen LogP contribution in [0.25, 0.3) is 10.9 Å². The van der Waals surface area contributed by atoms with E-state index in [0.29, 0.717) is 6.07 Å². The predicted molar refractivity (Wildman–Crippen MR) is 75.4 cm³/mol. The van der Waals surface area contributed by atoms with Crippen molar-refractivity contribution in [1.29, 1.82) is 0 Å². The zero-order chi connectivity index (χ0) is 16.8. The fourth-order valence-corrected chi connectivity index (χ4v) is 3.33. The maximum absolute atomic E-state index is 13.6. The Morgan fingerprint density at radius 2 is 1.61 bits per heavy atom. The van der Waals surface area contributed by atoms with Crippen molar-refractivity contribution in [2.45, 2.75) is 4.90 Å². The second-order valence-corrected chi connectivity index (χ2v) is 6.35. The molecule has 1 aromatic heterocycles. The largest absolute Gasteiger partial charge is 0.360 e. The molecule has 120 valence electrons. The van der Waals surface area contributed by atoms with Gasteiger partial charge in [-0.3, -0.25) is 4.72 Å². The summed E-state index contributed by atoms with van der Waals surface area (Å²) in [5.41, 5.74) is -0.517. The van der Waals surface area contributed by atoms with Crippen LogP contribution in [-0.2, 0) is 10.0 Å². The predicted octanol–water partition coefficient (Wildman–Crippen LogP) is 3.53. The van der Waals surface area contributed by atoms with Crippen molar-refractivity contribution in [3.05, 3.63) is 59.8 Å². The molecule has 1 heterocycles. The summed E-state index contributed by atoms with van der Waals surface area (Å²) in [4.78, 5) is 2.29. The normalized spacial score (nSPS) is 11.8. The van der Waals surface area contributed by atoms with Gasteiger partial charge >= 0.3 is 0 Å². The number of hydrogen-bond acceptors (Lipinski definition) is 2. The van der Waals surface area contributed by atoms with Crippen molar-refractivity contribution < 1.29 is 26.0 Å². The van der Waals surface area contributed by atoms with E-state index in [1.54, 1.807) is 0 Å². The van der Waals surface area contributed by atoms with Gasteiger partial charge in [0.15, 0.2) is 11.6 Å². The summed E-state index contributed by atoms with van der Waals surface area (Å²) in [6.45, 7) is 0. The number of sulfonamides is 1. The number of H-pyrrole nitrogens is 1. The standard InChI is InChI=1S/C14H8F4N2O2S/c15-7-1-2-8-12(3-7)19-6-14(8)23(21,22)20-13-5-10(17)9(16)4-11(13)18/h1-6,19-20H. The Bertz CT molecular complexity index is 1020. The molecule has 0 aliphatic carbocycles. The van der Waals surface area contributed by atoms with E-state index in [4.69, 9.17) is 0 Å². The molecule has 0 unspecified atom stereocenters. The van der Waals surface area contributed by atoms with Crippen LogP contribution in [0.5, 0.6) is 0 Å². The van der Waals surface area contributed by atoms with E-state index in [1.165, 1.54) is 6.07 Å². The van der Waals surface area contributed by atoms with Crippen LogP contribution in [0.3, 0.4) is 0 Å². The second kappa shape index (κ2) is 5.27. The number of aromatic amines is 1. The zero-order valence-electron chi connectivity index (χ0n) is 11.2. The van der Waals surface area contributed by atoms with E-state index in [1.807, 2.05) is 4.72 Å². The lowest BCUT2D eigenvalue weighted by Crippen LogP contribution is -2.14. The molecule has 23 heavy (non-hydrogen) atoms. The Labute approximate surface area is 127 Å². The lowest BCUT2D eigenvalue weighted by molar-refractivity contribution is 0.496. The molecule has 0 saturated carbocycles. The molecular weight excluding hydrogens is 336 g/mol. The molecule has 3 rings (SSSR count). The van der Waals surface area contributed by atoms with Crippen molar-refractivity contribution >= 4 is 26.6 Å². The third-order valence-corrected chi connectivity index (χ3v) is 4.56. The summed E-state index contributed by atoms with van der Waals surface area (Å²) in [7, 11) is -4.29. The van der Waals surface area contributed by atoms with Crippen molar-refractivity contribution in [2.24, 2.45) is 0 Å². The summed E-state index contributed by atoms with van der Waals surface area (Å²) < 4.78 is 79.2.